The van der Waals surface area contributed by atoms with Gasteiger partial charge in [0.15, 0.2) is 0 Å². The molecule has 1 rings (SSSR count). The fourth-order valence-corrected chi connectivity index (χ4v) is 2.15. The Morgan fingerprint density at radius 1 is 1.60 bits per heavy atom. The summed E-state index contributed by atoms with van der Waals surface area (Å²) >= 11 is 1.67. The second-order valence-corrected chi connectivity index (χ2v) is 4.76. The fourth-order valence-electron chi connectivity index (χ4n) is 1.33. The molecule has 86 valence electrons. The van der Waals surface area contributed by atoms with E-state index in [1.54, 1.807) is 18.4 Å². The lowest BCUT2D eigenvalue weighted by atomic mass is 9.98. The average molecular weight is 228 g/mol. The minimum absolute atomic E-state index is 0.0718. The molecule has 1 heterocycles. The van der Waals surface area contributed by atoms with Gasteiger partial charge in [-0.15, -0.1) is 11.3 Å². The number of ether oxygens (including phenoxy) is 1. The summed E-state index contributed by atoms with van der Waals surface area (Å²) in [7, 11) is 1.71. The van der Waals surface area contributed by atoms with Gasteiger partial charge in [-0.2, -0.15) is 0 Å². The molecule has 0 spiro atoms. The molecule has 0 amide bonds. The second-order valence-electron chi connectivity index (χ2n) is 3.82. The maximum Gasteiger partial charge on any atom is 0.0951 e. The van der Waals surface area contributed by atoms with Crippen molar-refractivity contribution in [3.05, 3.63) is 16.1 Å². The Morgan fingerprint density at radius 3 is 2.93 bits per heavy atom. The minimum atomic E-state index is 0.0718. The molecule has 1 aromatic heterocycles. The second kappa shape index (κ2) is 6.20. The number of nitrogens with zero attached hydrogens (tertiary/aromatic N) is 1. The molecule has 0 saturated heterocycles. The standard InChI is InChI=1S/C11H20N2OS/c1-4-8(2)11(12)9-7-15-10(13-9)5-6-14-3/h7-8,11H,4-6,12H2,1-3H3. The summed E-state index contributed by atoms with van der Waals surface area (Å²) in [4.78, 5) is 4.53. The van der Waals surface area contributed by atoms with Crippen LogP contribution in [0.1, 0.15) is 37.0 Å². The first-order valence-electron chi connectivity index (χ1n) is 5.37. The third-order valence-electron chi connectivity index (χ3n) is 2.69. The van der Waals surface area contributed by atoms with E-state index in [1.807, 2.05) is 0 Å². The summed E-state index contributed by atoms with van der Waals surface area (Å²) in [6.07, 6.45) is 1.97. The number of methoxy groups -OCH3 is 1. The summed E-state index contributed by atoms with van der Waals surface area (Å²) in [5.41, 5.74) is 7.13. The van der Waals surface area contributed by atoms with Gasteiger partial charge >= 0.3 is 0 Å². The van der Waals surface area contributed by atoms with Crippen molar-refractivity contribution in [1.29, 1.82) is 0 Å². The number of aromatic nitrogens is 1. The van der Waals surface area contributed by atoms with Gasteiger partial charge in [0, 0.05) is 18.9 Å². The molecule has 0 aliphatic heterocycles. The zero-order chi connectivity index (χ0) is 11.3. The number of rotatable bonds is 6. The van der Waals surface area contributed by atoms with Crippen molar-refractivity contribution < 1.29 is 4.74 Å². The van der Waals surface area contributed by atoms with Crippen LogP contribution in [0.15, 0.2) is 5.38 Å². The van der Waals surface area contributed by atoms with Gasteiger partial charge in [-0.1, -0.05) is 20.3 Å². The van der Waals surface area contributed by atoms with Crippen molar-refractivity contribution in [2.75, 3.05) is 13.7 Å². The van der Waals surface area contributed by atoms with Crippen LogP contribution in [0.3, 0.4) is 0 Å². The van der Waals surface area contributed by atoms with E-state index >= 15 is 0 Å². The first-order chi connectivity index (χ1) is 7.19. The van der Waals surface area contributed by atoms with Gasteiger partial charge < -0.3 is 10.5 Å². The van der Waals surface area contributed by atoms with E-state index in [9.17, 15) is 0 Å². The highest BCUT2D eigenvalue weighted by molar-refractivity contribution is 7.09. The molecule has 15 heavy (non-hydrogen) atoms. The van der Waals surface area contributed by atoms with E-state index in [0.717, 1.165) is 30.2 Å². The van der Waals surface area contributed by atoms with Gasteiger partial charge in [-0.3, -0.25) is 0 Å². The topological polar surface area (TPSA) is 48.1 Å². The molecule has 0 aliphatic rings. The Labute approximate surface area is 95.7 Å². The first kappa shape index (κ1) is 12.6. The van der Waals surface area contributed by atoms with Crippen LogP contribution in [0.5, 0.6) is 0 Å². The lowest BCUT2D eigenvalue weighted by molar-refractivity contribution is 0.202. The van der Waals surface area contributed by atoms with Gasteiger partial charge in [0.05, 0.1) is 23.4 Å². The molecule has 0 saturated carbocycles. The first-order valence-corrected chi connectivity index (χ1v) is 6.25. The highest BCUT2D eigenvalue weighted by Gasteiger charge is 2.16. The van der Waals surface area contributed by atoms with Crippen molar-refractivity contribution >= 4 is 11.3 Å². The van der Waals surface area contributed by atoms with Gasteiger partial charge in [0.2, 0.25) is 0 Å². The molecule has 0 aromatic carbocycles. The Morgan fingerprint density at radius 2 is 2.33 bits per heavy atom. The van der Waals surface area contributed by atoms with Crippen LogP contribution >= 0.6 is 11.3 Å². The monoisotopic (exact) mass is 228 g/mol. The van der Waals surface area contributed by atoms with E-state index in [1.165, 1.54) is 0 Å². The predicted molar refractivity (Wildman–Crippen MR) is 64.1 cm³/mol. The van der Waals surface area contributed by atoms with Crippen LogP contribution in [-0.2, 0) is 11.2 Å². The Bertz CT molecular complexity index is 288. The van der Waals surface area contributed by atoms with Crippen molar-refractivity contribution in [2.24, 2.45) is 11.7 Å². The molecule has 2 unspecified atom stereocenters. The molecule has 0 radical (unpaired) electrons. The van der Waals surface area contributed by atoms with Crippen molar-refractivity contribution in [1.82, 2.24) is 4.98 Å². The van der Waals surface area contributed by atoms with Crippen molar-refractivity contribution in [2.45, 2.75) is 32.7 Å². The third-order valence-corrected chi connectivity index (χ3v) is 3.61. The van der Waals surface area contributed by atoms with E-state index in [4.69, 9.17) is 10.5 Å². The molecular weight excluding hydrogens is 208 g/mol. The predicted octanol–water partition coefficient (Wildman–Crippen LogP) is 2.38. The minimum Gasteiger partial charge on any atom is -0.384 e. The zero-order valence-electron chi connectivity index (χ0n) is 9.69. The van der Waals surface area contributed by atoms with Gasteiger partial charge in [0.25, 0.3) is 0 Å². The van der Waals surface area contributed by atoms with Crippen LogP contribution in [0, 0.1) is 5.92 Å². The van der Waals surface area contributed by atoms with Crippen LogP contribution < -0.4 is 5.73 Å². The number of hydrogen-bond acceptors (Lipinski definition) is 4. The quantitative estimate of drug-likeness (QED) is 0.813. The van der Waals surface area contributed by atoms with Gasteiger partial charge in [-0.05, 0) is 5.92 Å². The van der Waals surface area contributed by atoms with Crippen LogP contribution in [-0.4, -0.2) is 18.7 Å². The number of nitrogens with two attached hydrogens (primary N) is 1. The molecule has 4 heteroatoms. The van der Waals surface area contributed by atoms with Crippen LogP contribution in [0.4, 0.5) is 0 Å². The number of thiazole rings is 1. The molecule has 2 N–H and O–H groups in total. The Hall–Kier alpha value is -0.450. The fraction of sp³-hybridized carbons (Fsp3) is 0.727. The highest BCUT2D eigenvalue weighted by Crippen LogP contribution is 2.23. The van der Waals surface area contributed by atoms with Crippen molar-refractivity contribution in [3.63, 3.8) is 0 Å². The summed E-state index contributed by atoms with van der Waals surface area (Å²) in [6.45, 7) is 5.05. The average Bonchev–Trinajstić information content (AvgIpc) is 2.72. The zero-order valence-corrected chi connectivity index (χ0v) is 10.5. The molecular formula is C11H20N2OS. The molecule has 0 fully saturated rings. The molecule has 0 aliphatic carbocycles. The summed E-state index contributed by atoms with van der Waals surface area (Å²) < 4.78 is 5.02. The van der Waals surface area contributed by atoms with E-state index in [0.29, 0.717) is 5.92 Å². The molecule has 2 atom stereocenters. The molecule has 3 nitrogen and oxygen atoms in total. The highest BCUT2D eigenvalue weighted by atomic mass is 32.1. The Kier molecular flexibility index (Phi) is 5.22. The van der Waals surface area contributed by atoms with E-state index < -0.39 is 0 Å². The normalized spacial score (nSPS) is 15.2. The van der Waals surface area contributed by atoms with E-state index in [-0.39, 0.29) is 6.04 Å². The maximum atomic E-state index is 6.10. The lowest BCUT2D eigenvalue weighted by Gasteiger charge is -2.15. The SMILES string of the molecule is CCC(C)C(N)c1csc(CCOC)n1. The maximum absolute atomic E-state index is 6.10. The van der Waals surface area contributed by atoms with E-state index in [2.05, 4.69) is 24.2 Å². The van der Waals surface area contributed by atoms with Gasteiger partial charge in [0.1, 0.15) is 0 Å². The largest absolute Gasteiger partial charge is 0.384 e. The Balaban J connectivity index is 2.58. The summed E-state index contributed by atoms with van der Waals surface area (Å²) in [6, 6.07) is 0.0718. The third kappa shape index (κ3) is 3.55. The molecule has 1 aromatic rings. The van der Waals surface area contributed by atoms with Gasteiger partial charge in [-0.25, -0.2) is 4.98 Å². The van der Waals surface area contributed by atoms with Crippen molar-refractivity contribution in [3.8, 4) is 0 Å². The smallest absolute Gasteiger partial charge is 0.0951 e. The van der Waals surface area contributed by atoms with Crippen LogP contribution in [0.2, 0.25) is 0 Å². The number of hydrogen-bond donors (Lipinski definition) is 1. The summed E-state index contributed by atoms with van der Waals surface area (Å²) in [5, 5.41) is 3.19. The lowest BCUT2D eigenvalue weighted by Crippen LogP contribution is -2.18. The molecule has 0 bridgehead atoms. The summed E-state index contributed by atoms with van der Waals surface area (Å²) in [5.74, 6) is 0.488. The van der Waals surface area contributed by atoms with Crippen LogP contribution in [0.25, 0.3) is 0 Å².